The molecule has 0 aromatic rings. The van der Waals surface area contributed by atoms with Crippen LogP contribution in [0.1, 0.15) is 44.9 Å². The maximum Gasteiger partial charge on any atom is 0.358 e. The Hall–Kier alpha value is -1.69. The zero-order chi connectivity index (χ0) is 14.4. The lowest BCUT2D eigenvalue weighted by molar-refractivity contribution is -0.201. The lowest BCUT2D eigenvalue weighted by Gasteiger charge is -2.18. The van der Waals surface area contributed by atoms with Crippen LogP contribution in [0, 0.1) is 0 Å². The zero-order valence-electron chi connectivity index (χ0n) is 11.4. The molecule has 0 spiro atoms. The molecule has 1 fully saturated rings. The molecule has 0 saturated carbocycles. The van der Waals surface area contributed by atoms with Gasteiger partial charge in [-0.2, -0.15) is 0 Å². The lowest BCUT2D eigenvalue weighted by atomic mass is 10.0. The van der Waals surface area contributed by atoms with Gasteiger partial charge in [-0.3, -0.25) is 9.59 Å². The first-order chi connectivity index (χ1) is 9.66. The number of amides is 2. The van der Waals surface area contributed by atoms with Crippen LogP contribution in [-0.4, -0.2) is 35.6 Å². The molecule has 1 aliphatic carbocycles. The van der Waals surface area contributed by atoms with Crippen LogP contribution in [0.2, 0.25) is 0 Å². The second kappa shape index (κ2) is 7.19. The largest absolute Gasteiger partial charge is 0.366 e. The highest BCUT2D eigenvalue weighted by atomic mass is 16.7. The quantitative estimate of drug-likeness (QED) is 0.576. The summed E-state index contributed by atoms with van der Waals surface area (Å²) in [6, 6.07) is 0. The van der Waals surface area contributed by atoms with E-state index in [0.717, 1.165) is 32.1 Å². The molecule has 1 unspecified atom stereocenters. The van der Waals surface area contributed by atoms with Gasteiger partial charge in [-0.15, -0.1) is 5.06 Å². The van der Waals surface area contributed by atoms with Crippen LogP contribution >= 0.6 is 0 Å². The molecule has 20 heavy (non-hydrogen) atoms. The Labute approximate surface area is 117 Å². The van der Waals surface area contributed by atoms with Crippen molar-refractivity contribution in [3.63, 3.8) is 0 Å². The maximum absolute atomic E-state index is 11.6. The molecule has 0 radical (unpaired) electrons. The molecular weight excluding hydrogens is 262 g/mol. The molecule has 1 heterocycles. The number of hydrogen-bond acceptors (Lipinski definition) is 5. The predicted molar refractivity (Wildman–Crippen MR) is 69.1 cm³/mol. The van der Waals surface area contributed by atoms with Gasteiger partial charge in [0.05, 0.1) is 6.10 Å². The van der Waals surface area contributed by atoms with E-state index in [1.165, 1.54) is 0 Å². The second-order valence-corrected chi connectivity index (χ2v) is 4.96. The smallest absolute Gasteiger partial charge is 0.358 e. The molecule has 0 aromatic heterocycles. The molecule has 6 nitrogen and oxygen atoms in total. The van der Waals surface area contributed by atoms with Crippen molar-refractivity contribution in [2.45, 2.75) is 51.0 Å². The van der Waals surface area contributed by atoms with E-state index in [-0.39, 0.29) is 25.6 Å². The van der Waals surface area contributed by atoms with E-state index in [4.69, 9.17) is 9.57 Å². The number of carbonyl (C=O) groups excluding carboxylic acids is 3. The fourth-order valence-corrected chi connectivity index (χ4v) is 2.26. The molecule has 2 aliphatic rings. The maximum atomic E-state index is 11.6. The topological polar surface area (TPSA) is 72.9 Å². The summed E-state index contributed by atoms with van der Waals surface area (Å²) in [6.45, 7) is -0.231. The number of carbonyl (C=O) groups is 3. The van der Waals surface area contributed by atoms with Gasteiger partial charge in [0, 0.05) is 12.8 Å². The van der Waals surface area contributed by atoms with Crippen molar-refractivity contribution >= 4 is 17.8 Å². The Morgan fingerprint density at radius 2 is 1.85 bits per heavy atom. The fraction of sp³-hybridized carbons (Fsp3) is 0.643. The third-order valence-corrected chi connectivity index (χ3v) is 3.35. The lowest BCUT2D eigenvalue weighted by Crippen LogP contribution is -2.34. The summed E-state index contributed by atoms with van der Waals surface area (Å²) in [7, 11) is 0. The van der Waals surface area contributed by atoms with Gasteiger partial charge in [0.1, 0.15) is 6.61 Å². The Kier molecular flexibility index (Phi) is 5.29. The van der Waals surface area contributed by atoms with Crippen LogP contribution in [0.15, 0.2) is 12.2 Å². The molecule has 1 aliphatic heterocycles. The predicted octanol–water partition coefficient (Wildman–Crippen LogP) is 1.50. The average Bonchev–Trinajstić information content (AvgIpc) is 2.69. The SMILES string of the molecule is O=C(COC1CC/C=C/CCC1)ON1C(=O)CCC1=O. The second-order valence-electron chi connectivity index (χ2n) is 4.96. The van der Waals surface area contributed by atoms with Gasteiger partial charge in [-0.1, -0.05) is 12.2 Å². The number of rotatable bonds is 4. The summed E-state index contributed by atoms with van der Waals surface area (Å²) >= 11 is 0. The van der Waals surface area contributed by atoms with Crippen molar-refractivity contribution in [3.8, 4) is 0 Å². The minimum absolute atomic E-state index is 0.0254. The number of allylic oxidation sites excluding steroid dienone is 2. The third-order valence-electron chi connectivity index (χ3n) is 3.35. The number of nitrogens with zero attached hydrogens (tertiary/aromatic N) is 1. The van der Waals surface area contributed by atoms with E-state index in [1.807, 2.05) is 0 Å². The molecule has 0 aromatic carbocycles. The first-order valence-electron chi connectivity index (χ1n) is 7.00. The van der Waals surface area contributed by atoms with Crippen LogP contribution in [0.25, 0.3) is 0 Å². The van der Waals surface area contributed by atoms with Gasteiger partial charge < -0.3 is 9.57 Å². The monoisotopic (exact) mass is 281 g/mol. The molecule has 6 heteroatoms. The summed E-state index contributed by atoms with van der Waals surface area (Å²) < 4.78 is 5.50. The molecule has 0 bridgehead atoms. The Balaban J connectivity index is 1.73. The normalized spacial score (nSPS) is 25.2. The highest BCUT2D eigenvalue weighted by Crippen LogP contribution is 2.16. The number of hydroxylamine groups is 2. The highest BCUT2D eigenvalue weighted by molar-refractivity contribution is 6.01. The van der Waals surface area contributed by atoms with Gasteiger partial charge in [0.2, 0.25) is 0 Å². The molecular formula is C14H19NO5. The molecule has 0 N–H and O–H groups in total. The zero-order valence-corrected chi connectivity index (χ0v) is 11.4. The molecule has 2 amide bonds. The van der Waals surface area contributed by atoms with Crippen LogP contribution in [0.5, 0.6) is 0 Å². The summed E-state index contributed by atoms with van der Waals surface area (Å²) in [4.78, 5) is 38.9. The van der Waals surface area contributed by atoms with E-state index in [9.17, 15) is 14.4 Å². The summed E-state index contributed by atoms with van der Waals surface area (Å²) in [5.41, 5.74) is 0. The third kappa shape index (κ3) is 4.16. The van der Waals surface area contributed by atoms with Gasteiger partial charge >= 0.3 is 5.97 Å². The van der Waals surface area contributed by atoms with Crippen molar-refractivity contribution in [2.24, 2.45) is 0 Å². The molecule has 110 valence electrons. The molecule has 1 atom stereocenters. The number of imide groups is 1. The Morgan fingerprint density at radius 1 is 1.15 bits per heavy atom. The van der Waals surface area contributed by atoms with Crippen molar-refractivity contribution in [3.05, 3.63) is 12.2 Å². The minimum atomic E-state index is -0.703. The van der Waals surface area contributed by atoms with E-state index in [1.54, 1.807) is 0 Å². The van der Waals surface area contributed by atoms with Gasteiger partial charge in [0.15, 0.2) is 0 Å². The Bertz CT molecular complexity index is 402. The minimum Gasteiger partial charge on any atom is -0.366 e. The first kappa shape index (κ1) is 14.7. The standard InChI is InChI=1S/C14H19NO5/c16-12-8-9-13(17)15(12)20-14(18)10-19-11-6-4-2-1-3-5-7-11/h1-2,11H,3-10H2/b2-1+. The van der Waals surface area contributed by atoms with Crippen LogP contribution < -0.4 is 0 Å². The van der Waals surface area contributed by atoms with Crippen LogP contribution in [0.4, 0.5) is 0 Å². The number of ether oxygens (including phenoxy) is 1. The van der Waals surface area contributed by atoms with Crippen molar-refractivity contribution in [1.29, 1.82) is 0 Å². The van der Waals surface area contributed by atoms with E-state index >= 15 is 0 Å². The van der Waals surface area contributed by atoms with Gasteiger partial charge in [-0.25, -0.2) is 4.79 Å². The van der Waals surface area contributed by atoms with E-state index in [0.29, 0.717) is 5.06 Å². The number of hydrogen-bond donors (Lipinski definition) is 0. The summed E-state index contributed by atoms with van der Waals surface area (Å²) in [5, 5.41) is 0.548. The van der Waals surface area contributed by atoms with Crippen LogP contribution in [0.3, 0.4) is 0 Å². The Morgan fingerprint density at radius 3 is 2.60 bits per heavy atom. The fourth-order valence-electron chi connectivity index (χ4n) is 2.26. The molecule has 1 saturated heterocycles. The van der Waals surface area contributed by atoms with E-state index < -0.39 is 17.8 Å². The summed E-state index contributed by atoms with van der Waals surface area (Å²) in [5.74, 6) is -1.65. The van der Waals surface area contributed by atoms with Gasteiger partial charge in [0.25, 0.3) is 11.8 Å². The van der Waals surface area contributed by atoms with E-state index in [2.05, 4.69) is 12.2 Å². The van der Waals surface area contributed by atoms with Crippen molar-refractivity contribution in [2.75, 3.05) is 6.61 Å². The average molecular weight is 281 g/mol. The molecule has 2 rings (SSSR count). The first-order valence-corrected chi connectivity index (χ1v) is 7.00. The summed E-state index contributed by atoms with van der Waals surface area (Å²) in [6.07, 6.45) is 9.26. The van der Waals surface area contributed by atoms with Crippen LogP contribution in [-0.2, 0) is 24.0 Å². The highest BCUT2D eigenvalue weighted by Gasteiger charge is 2.32. The van der Waals surface area contributed by atoms with Crippen molar-refractivity contribution in [1.82, 2.24) is 5.06 Å². The van der Waals surface area contributed by atoms with Crippen molar-refractivity contribution < 1.29 is 24.0 Å². The van der Waals surface area contributed by atoms with Gasteiger partial charge in [-0.05, 0) is 32.1 Å².